The van der Waals surface area contributed by atoms with Crippen LogP contribution in [-0.4, -0.2) is 28.6 Å². The van der Waals surface area contributed by atoms with Gasteiger partial charge in [0.05, 0.1) is 5.52 Å². The van der Waals surface area contributed by atoms with Gasteiger partial charge in [0, 0.05) is 10.9 Å². The Morgan fingerprint density at radius 2 is 1.84 bits per heavy atom. The zero-order chi connectivity index (χ0) is 17.8. The number of aromatic nitrogens is 2. The molecule has 0 aliphatic carbocycles. The van der Waals surface area contributed by atoms with Crippen LogP contribution in [0.1, 0.15) is 52.6 Å². The number of rotatable bonds is 6. The maximum absolute atomic E-state index is 12.2. The molecule has 25 heavy (non-hydrogen) atoms. The molecule has 2 aromatic carbocycles. The molecule has 1 atom stereocenters. The summed E-state index contributed by atoms with van der Waals surface area (Å²) in [5.74, 6) is -0.388. The van der Waals surface area contributed by atoms with Gasteiger partial charge in [0.2, 0.25) is 0 Å². The van der Waals surface area contributed by atoms with Crippen molar-refractivity contribution < 1.29 is 14.3 Å². The lowest BCUT2D eigenvalue weighted by Gasteiger charge is -2.09. The van der Waals surface area contributed by atoms with E-state index in [2.05, 4.69) is 24.0 Å². The monoisotopic (exact) mass is 336 g/mol. The molecule has 128 valence electrons. The van der Waals surface area contributed by atoms with Crippen LogP contribution in [0.4, 0.5) is 0 Å². The topological polar surface area (TPSA) is 72.1 Å². The highest BCUT2D eigenvalue weighted by atomic mass is 16.5. The molecular formula is C20H20N2O3. The van der Waals surface area contributed by atoms with Gasteiger partial charge < -0.3 is 4.74 Å². The lowest BCUT2D eigenvalue weighted by atomic mass is 9.97. The maximum atomic E-state index is 12.2. The smallest absolute Gasteiger partial charge is 0.359 e. The lowest BCUT2D eigenvalue weighted by molar-refractivity contribution is 0.0471. The first kappa shape index (κ1) is 16.9. The molecule has 0 amide bonds. The number of fused-ring (bicyclic) bond motifs is 1. The number of aromatic amines is 1. The van der Waals surface area contributed by atoms with Crippen LogP contribution in [-0.2, 0) is 4.74 Å². The average molecular weight is 336 g/mol. The Labute approximate surface area is 146 Å². The van der Waals surface area contributed by atoms with Crippen molar-refractivity contribution in [1.82, 2.24) is 10.2 Å². The third-order valence-corrected chi connectivity index (χ3v) is 4.41. The number of nitrogens with one attached hydrogen (secondary N) is 1. The Balaban J connectivity index is 1.64. The van der Waals surface area contributed by atoms with Crippen molar-refractivity contribution in [2.75, 3.05) is 6.61 Å². The molecule has 0 saturated carbocycles. The van der Waals surface area contributed by atoms with Gasteiger partial charge in [-0.3, -0.25) is 9.89 Å². The van der Waals surface area contributed by atoms with Crippen molar-refractivity contribution in [2.24, 2.45) is 0 Å². The number of Topliss-reactive ketones (excluding diaryl/α,β-unsaturated/α-hetero) is 1. The molecule has 1 N–H and O–H groups in total. The fourth-order valence-corrected chi connectivity index (χ4v) is 2.64. The Hall–Kier alpha value is -2.95. The third-order valence-electron chi connectivity index (χ3n) is 4.41. The molecule has 1 aromatic heterocycles. The van der Waals surface area contributed by atoms with E-state index in [1.54, 1.807) is 18.2 Å². The number of benzene rings is 2. The lowest BCUT2D eigenvalue weighted by Crippen LogP contribution is -2.15. The van der Waals surface area contributed by atoms with Gasteiger partial charge in [-0.05, 0) is 24.0 Å². The minimum absolute atomic E-state index is 0.190. The number of carbonyl (C=O) groups is 2. The fourth-order valence-electron chi connectivity index (χ4n) is 2.64. The maximum Gasteiger partial charge on any atom is 0.359 e. The molecule has 0 unspecified atom stereocenters. The molecule has 0 spiro atoms. The number of hydrogen-bond acceptors (Lipinski definition) is 4. The van der Waals surface area contributed by atoms with Crippen LogP contribution >= 0.6 is 0 Å². The molecule has 0 bridgehead atoms. The highest BCUT2D eigenvalue weighted by Crippen LogP contribution is 2.19. The summed E-state index contributed by atoms with van der Waals surface area (Å²) in [7, 11) is 0. The minimum Gasteiger partial charge on any atom is -0.452 e. The first-order valence-electron chi connectivity index (χ1n) is 8.33. The van der Waals surface area contributed by atoms with Crippen LogP contribution < -0.4 is 0 Å². The zero-order valence-corrected chi connectivity index (χ0v) is 14.3. The van der Waals surface area contributed by atoms with Crippen molar-refractivity contribution in [3.05, 3.63) is 65.4 Å². The van der Waals surface area contributed by atoms with Crippen molar-refractivity contribution in [3.8, 4) is 0 Å². The normalized spacial score (nSPS) is 12.1. The van der Waals surface area contributed by atoms with Crippen LogP contribution in [0.15, 0.2) is 48.5 Å². The van der Waals surface area contributed by atoms with Gasteiger partial charge in [0.1, 0.15) is 0 Å². The van der Waals surface area contributed by atoms with Gasteiger partial charge >= 0.3 is 5.97 Å². The van der Waals surface area contributed by atoms with Crippen LogP contribution in [0.2, 0.25) is 0 Å². The van der Waals surface area contributed by atoms with E-state index in [0.29, 0.717) is 16.9 Å². The van der Waals surface area contributed by atoms with Gasteiger partial charge in [0.15, 0.2) is 18.1 Å². The molecule has 1 heterocycles. The second kappa shape index (κ2) is 7.30. The van der Waals surface area contributed by atoms with Crippen molar-refractivity contribution in [3.63, 3.8) is 0 Å². The van der Waals surface area contributed by atoms with E-state index < -0.39 is 5.97 Å². The van der Waals surface area contributed by atoms with Crippen LogP contribution in [0.5, 0.6) is 0 Å². The highest BCUT2D eigenvalue weighted by Gasteiger charge is 2.17. The second-order valence-electron chi connectivity index (χ2n) is 6.05. The van der Waals surface area contributed by atoms with E-state index in [1.165, 1.54) is 5.56 Å². The van der Waals surface area contributed by atoms with Crippen LogP contribution in [0.25, 0.3) is 10.9 Å². The quantitative estimate of drug-likeness (QED) is 0.543. The Morgan fingerprint density at radius 3 is 2.56 bits per heavy atom. The predicted octanol–water partition coefficient (Wildman–Crippen LogP) is 4.12. The highest BCUT2D eigenvalue weighted by molar-refractivity contribution is 6.03. The summed E-state index contributed by atoms with van der Waals surface area (Å²) in [6.07, 6.45) is 1.04. The van der Waals surface area contributed by atoms with Gasteiger partial charge in [-0.15, -0.1) is 0 Å². The van der Waals surface area contributed by atoms with Crippen LogP contribution in [0.3, 0.4) is 0 Å². The number of ether oxygens (including phenoxy) is 1. The molecule has 5 heteroatoms. The zero-order valence-electron chi connectivity index (χ0n) is 14.3. The van der Waals surface area contributed by atoms with E-state index in [-0.39, 0.29) is 18.1 Å². The average Bonchev–Trinajstić information content (AvgIpc) is 3.09. The predicted molar refractivity (Wildman–Crippen MR) is 95.9 cm³/mol. The number of esters is 1. The summed E-state index contributed by atoms with van der Waals surface area (Å²) in [6.45, 7) is 3.97. The largest absolute Gasteiger partial charge is 0.452 e. The molecule has 3 rings (SSSR count). The molecule has 0 aliphatic rings. The summed E-state index contributed by atoms with van der Waals surface area (Å²) in [6, 6.07) is 14.7. The van der Waals surface area contributed by atoms with Crippen LogP contribution in [0, 0.1) is 0 Å². The van der Waals surface area contributed by atoms with E-state index in [1.807, 2.05) is 30.3 Å². The number of ketones is 1. The second-order valence-corrected chi connectivity index (χ2v) is 6.05. The summed E-state index contributed by atoms with van der Waals surface area (Å²) in [4.78, 5) is 24.4. The summed E-state index contributed by atoms with van der Waals surface area (Å²) < 4.78 is 5.14. The van der Waals surface area contributed by atoms with E-state index in [0.717, 1.165) is 11.9 Å². The number of nitrogens with zero attached hydrogens (tertiary/aromatic N) is 1. The number of carbonyl (C=O) groups excluding carboxylic acids is 2. The molecule has 0 radical (unpaired) electrons. The van der Waals surface area contributed by atoms with Crippen molar-refractivity contribution in [1.29, 1.82) is 0 Å². The number of hydrogen-bond donors (Lipinski definition) is 1. The molecule has 0 saturated heterocycles. The molecule has 5 nitrogen and oxygen atoms in total. The van der Waals surface area contributed by atoms with Crippen molar-refractivity contribution in [2.45, 2.75) is 26.2 Å². The molecular weight excluding hydrogens is 316 g/mol. The number of H-pyrrole nitrogens is 1. The molecule has 0 fully saturated rings. The first-order valence-corrected chi connectivity index (χ1v) is 8.33. The van der Waals surface area contributed by atoms with Gasteiger partial charge in [0.25, 0.3) is 0 Å². The summed E-state index contributed by atoms with van der Waals surface area (Å²) >= 11 is 0. The standard InChI is InChI=1S/C20H20N2O3/c1-3-13(2)14-8-10-15(11-9-14)18(23)12-25-20(24)19-16-6-4-5-7-17(16)21-22-19/h4-11,13H,3,12H2,1-2H3,(H,21,22)/t13-/m1/s1. The van der Waals surface area contributed by atoms with Gasteiger partial charge in [-0.25, -0.2) is 4.79 Å². The molecule has 0 aliphatic heterocycles. The van der Waals surface area contributed by atoms with E-state index in [9.17, 15) is 9.59 Å². The first-order chi connectivity index (χ1) is 12.1. The fraction of sp³-hybridized carbons (Fsp3) is 0.250. The minimum atomic E-state index is -0.609. The van der Waals surface area contributed by atoms with E-state index >= 15 is 0 Å². The van der Waals surface area contributed by atoms with Gasteiger partial charge in [-0.1, -0.05) is 56.3 Å². The summed E-state index contributed by atoms with van der Waals surface area (Å²) in [5.41, 5.74) is 2.67. The Kier molecular flexibility index (Phi) is 4.93. The summed E-state index contributed by atoms with van der Waals surface area (Å²) in [5, 5.41) is 7.43. The SMILES string of the molecule is CC[C@@H](C)c1ccc(C(=O)COC(=O)c2n[nH]c3ccccc23)cc1. The van der Waals surface area contributed by atoms with Gasteiger partial charge in [-0.2, -0.15) is 5.10 Å². The molecule has 3 aromatic rings. The Bertz CT molecular complexity index is 897. The van der Waals surface area contributed by atoms with E-state index in [4.69, 9.17) is 4.74 Å². The number of para-hydroxylation sites is 1. The third kappa shape index (κ3) is 3.60. The van der Waals surface area contributed by atoms with Crippen molar-refractivity contribution >= 4 is 22.7 Å². The Morgan fingerprint density at radius 1 is 1.12 bits per heavy atom.